The van der Waals surface area contributed by atoms with E-state index in [2.05, 4.69) is 40.1 Å². The standard InChI is InChI=1S/C23H28N2O2/c1-27-20-4-2-3-18(13-20)21-15-25(14-16-5-7-19(26)8-6-16)22-17-9-11-24(12-10-17)23(21)22/h2-8,13,17,21-23,26H,9-12,14-15H2,1H3/t21-,22-,23-/m1/s1. The molecule has 4 nitrogen and oxygen atoms in total. The number of hydrogen-bond acceptors (Lipinski definition) is 4. The maximum atomic E-state index is 9.60. The third kappa shape index (κ3) is 3.01. The zero-order valence-electron chi connectivity index (χ0n) is 15.9. The van der Waals surface area contributed by atoms with Crippen molar-refractivity contribution in [3.8, 4) is 11.5 Å². The molecular weight excluding hydrogens is 336 g/mol. The summed E-state index contributed by atoms with van der Waals surface area (Å²) in [5.74, 6) is 2.64. The number of fused-ring (bicyclic) bond motifs is 2. The van der Waals surface area contributed by atoms with Crippen LogP contribution in [-0.2, 0) is 6.54 Å². The van der Waals surface area contributed by atoms with Crippen LogP contribution in [0, 0.1) is 5.92 Å². The largest absolute Gasteiger partial charge is 0.508 e. The molecule has 0 aromatic heterocycles. The van der Waals surface area contributed by atoms with E-state index in [0.717, 1.165) is 24.8 Å². The number of likely N-dealkylation sites (tertiary alicyclic amines) is 1. The summed E-state index contributed by atoms with van der Waals surface area (Å²) in [5.41, 5.74) is 2.69. The Morgan fingerprint density at radius 1 is 1.04 bits per heavy atom. The number of phenolic OH excluding ortho intramolecular Hbond substituents is 1. The van der Waals surface area contributed by atoms with Crippen LogP contribution in [0.1, 0.15) is 29.9 Å². The molecule has 4 aliphatic rings. The second kappa shape index (κ2) is 6.84. The molecule has 27 heavy (non-hydrogen) atoms. The van der Waals surface area contributed by atoms with Gasteiger partial charge in [-0.1, -0.05) is 24.3 Å². The van der Waals surface area contributed by atoms with Crippen molar-refractivity contribution < 1.29 is 9.84 Å². The summed E-state index contributed by atoms with van der Waals surface area (Å²) in [4.78, 5) is 5.45. The van der Waals surface area contributed by atoms with Crippen molar-refractivity contribution in [1.82, 2.24) is 9.80 Å². The maximum Gasteiger partial charge on any atom is 0.119 e. The van der Waals surface area contributed by atoms with Crippen LogP contribution in [0.15, 0.2) is 48.5 Å². The van der Waals surface area contributed by atoms with E-state index in [1.165, 1.54) is 37.1 Å². The Balaban J connectivity index is 1.46. The number of methoxy groups -OCH3 is 1. The highest BCUT2D eigenvalue weighted by molar-refractivity contribution is 5.34. The molecule has 142 valence electrons. The fraction of sp³-hybridized carbons (Fsp3) is 0.478. The van der Waals surface area contributed by atoms with E-state index in [1.807, 2.05) is 6.07 Å². The molecule has 4 aliphatic heterocycles. The van der Waals surface area contributed by atoms with Gasteiger partial charge < -0.3 is 9.84 Å². The second-order valence-corrected chi connectivity index (χ2v) is 8.33. The molecule has 2 aromatic carbocycles. The number of ether oxygens (including phenoxy) is 1. The number of rotatable bonds is 4. The molecule has 0 unspecified atom stereocenters. The van der Waals surface area contributed by atoms with Crippen LogP contribution in [0.4, 0.5) is 0 Å². The Morgan fingerprint density at radius 2 is 1.81 bits per heavy atom. The highest BCUT2D eigenvalue weighted by atomic mass is 16.5. The van der Waals surface area contributed by atoms with Crippen LogP contribution in [0.25, 0.3) is 0 Å². The molecule has 4 heterocycles. The lowest BCUT2D eigenvalue weighted by atomic mass is 9.75. The molecule has 2 aromatic rings. The molecule has 0 amide bonds. The fourth-order valence-corrected chi connectivity index (χ4v) is 5.72. The van der Waals surface area contributed by atoms with E-state index in [4.69, 9.17) is 4.74 Å². The van der Waals surface area contributed by atoms with Crippen molar-refractivity contribution >= 4 is 0 Å². The summed E-state index contributed by atoms with van der Waals surface area (Å²) in [6.45, 7) is 4.56. The molecule has 2 bridgehead atoms. The minimum absolute atomic E-state index is 0.343. The summed E-state index contributed by atoms with van der Waals surface area (Å²) in [6, 6.07) is 17.7. The van der Waals surface area contributed by atoms with Gasteiger partial charge in [0.15, 0.2) is 0 Å². The molecule has 0 radical (unpaired) electrons. The SMILES string of the molecule is COc1cccc([C@H]2CN(Cc3ccc(O)cc3)[C@@H]3C4CCN(CC4)[C@H]23)c1. The lowest BCUT2D eigenvalue weighted by molar-refractivity contribution is -0.00870. The normalized spacial score (nSPS) is 32.4. The van der Waals surface area contributed by atoms with Crippen molar-refractivity contribution in [3.63, 3.8) is 0 Å². The van der Waals surface area contributed by atoms with Gasteiger partial charge in [-0.3, -0.25) is 9.80 Å². The molecular formula is C23H28N2O2. The average molecular weight is 364 g/mol. The summed E-state index contributed by atoms with van der Waals surface area (Å²) >= 11 is 0. The van der Waals surface area contributed by atoms with E-state index in [0.29, 0.717) is 23.8 Å². The number of hydrogen-bond donors (Lipinski definition) is 1. The lowest BCUT2D eigenvalue weighted by Crippen LogP contribution is -2.59. The van der Waals surface area contributed by atoms with Crippen LogP contribution in [0.3, 0.4) is 0 Å². The van der Waals surface area contributed by atoms with Crippen molar-refractivity contribution in [3.05, 3.63) is 59.7 Å². The smallest absolute Gasteiger partial charge is 0.119 e. The maximum absolute atomic E-state index is 9.60. The van der Waals surface area contributed by atoms with Gasteiger partial charge in [-0.15, -0.1) is 0 Å². The predicted octanol–water partition coefficient (Wildman–Crippen LogP) is 3.46. The molecule has 3 atom stereocenters. The fourth-order valence-electron chi connectivity index (χ4n) is 5.72. The van der Waals surface area contributed by atoms with Gasteiger partial charge in [-0.05, 0) is 67.2 Å². The van der Waals surface area contributed by atoms with Gasteiger partial charge in [-0.25, -0.2) is 0 Å². The van der Waals surface area contributed by atoms with Crippen LogP contribution >= 0.6 is 0 Å². The Bertz CT molecular complexity index is 798. The zero-order chi connectivity index (χ0) is 18.4. The van der Waals surface area contributed by atoms with E-state index < -0.39 is 0 Å². The van der Waals surface area contributed by atoms with E-state index in [1.54, 1.807) is 19.2 Å². The molecule has 4 fully saturated rings. The van der Waals surface area contributed by atoms with Crippen molar-refractivity contribution in [2.45, 2.75) is 37.4 Å². The van der Waals surface area contributed by atoms with E-state index in [-0.39, 0.29) is 0 Å². The first-order valence-corrected chi connectivity index (χ1v) is 10.1. The van der Waals surface area contributed by atoms with Crippen molar-refractivity contribution in [2.24, 2.45) is 5.92 Å². The van der Waals surface area contributed by atoms with Gasteiger partial charge in [0.05, 0.1) is 7.11 Å². The summed E-state index contributed by atoms with van der Waals surface area (Å²) < 4.78 is 5.50. The minimum atomic E-state index is 0.343. The number of piperidine rings is 3. The van der Waals surface area contributed by atoms with Crippen LogP contribution < -0.4 is 4.74 Å². The molecule has 0 aliphatic carbocycles. The Hall–Kier alpha value is -2.04. The summed E-state index contributed by atoms with van der Waals surface area (Å²) in [6.07, 6.45) is 2.66. The molecule has 1 N–H and O–H groups in total. The highest BCUT2D eigenvalue weighted by Crippen LogP contribution is 2.47. The van der Waals surface area contributed by atoms with Gasteiger partial charge >= 0.3 is 0 Å². The number of benzene rings is 2. The van der Waals surface area contributed by atoms with Crippen LogP contribution in [0.5, 0.6) is 11.5 Å². The van der Waals surface area contributed by atoms with Gasteiger partial charge in [0, 0.05) is 31.1 Å². The van der Waals surface area contributed by atoms with E-state index in [9.17, 15) is 5.11 Å². The summed E-state index contributed by atoms with van der Waals surface area (Å²) in [5, 5.41) is 9.60. The van der Waals surface area contributed by atoms with Crippen molar-refractivity contribution in [2.75, 3.05) is 26.7 Å². The minimum Gasteiger partial charge on any atom is -0.508 e. The summed E-state index contributed by atoms with van der Waals surface area (Å²) in [7, 11) is 1.75. The number of nitrogens with zero attached hydrogens (tertiary/aromatic N) is 2. The lowest BCUT2D eigenvalue weighted by Gasteiger charge is -2.51. The first-order valence-electron chi connectivity index (χ1n) is 10.1. The third-order valence-corrected chi connectivity index (χ3v) is 6.94. The Kier molecular flexibility index (Phi) is 4.33. The number of phenols is 1. The first kappa shape index (κ1) is 17.1. The first-order chi connectivity index (χ1) is 13.2. The molecule has 6 rings (SSSR count). The molecule has 4 saturated heterocycles. The Labute approximate surface area is 161 Å². The van der Waals surface area contributed by atoms with Gasteiger partial charge in [0.2, 0.25) is 0 Å². The van der Waals surface area contributed by atoms with E-state index >= 15 is 0 Å². The average Bonchev–Trinajstić information content (AvgIpc) is 3.12. The molecule has 4 heteroatoms. The number of aromatic hydroxyl groups is 1. The highest BCUT2D eigenvalue weighted by Gasteiger charge is 2.53. The predicted molar refractivity (Wildman–Crippen MR) is 106 cm³/mol. The van der Waals surface area contributed by atoms with Gasteiger partial charge in [0.25, 0.3) is 0 Å². The zero-order valence-corrected chi connectivity index (χ0v) is 15.9. The monoisotopic (exact) mass is 364 g/mol. The van der Waals surface area contributed by atoms with Gasteiger partial charge in [0.1, 0.15) is 11.5 Å². The molecule has 0 saturated carbocycles. The van der Waals surface area contributed by atoms with Gasteiger partial charge in [-0.2, -0.15) is 0 Å². The van der Waals surface area contributed by atoms with Crippen LogP contribution in [-0.4, -0.2) is 53.7 Å². The van der Waals surface area contributed by atoms with Crippen molar-refractivity contribution in [1.29, 1.82) is 0 Å². The van der Waals surface area contributed by atoms with Crippen LogP contribution in [0.2, 0.25) is 0 Å². The third-order valence-electron chi connectivity index (χ3n) is 6.94. The molecule has 0 spiro atoms. The second-order valence-electron chi connectivity index (χ2n) is 8.33. The quantitative estimate of drug-likeness (QED) is 0.901. The Morgan fingerprint density at radius 3 is 2.56 bits per heavy atom. The topological polar surface area (TPSA) is 35.9 Å².